The molecule has 0 bridgehead atoms. The van der Waals surface area contributed by atoms with E-state index in [0.717, 1.165) is 5.56 Å². The van der Waals surface area contributed by atoms with Gasteiger partial charge in [-0.2, -0.15) is 4.31 Å². The third-order valence-corrected chi connectivity index (χ3v) is 6.54. The third kappa shape index (κ3) is 4.63. The number of amides is 1. The molecule has 1 N–H and O–H groups in total. The van der Waals surface area contributed by atoms with Gasteiger partial charge in [0.2, 0.25) is 10.0 Å². The first-order valence-corrected chi connectivity index (χ1v) is 10.2. The summed E-state index contributed by atoms with van der Waals surface area (Å²) in [7, 11) is -3.62. The van der Waals surface area contributed by atoms with Crippen LogP contribution in [0.25, 0.3) is 0 Å². The minimum absolute atomic E-state index is 0.164. The standard InChI is InChI=1S/C19H23ClN2O3S/c1-4-22(5-2)26(24,25)18-12-16(10-9-14(18)3)19(23)21-13-15-7-6-8-17(20)11-15/h6-12H,4-5,13H2,1-3H3,(H,21,23). The summed E-state index contributed by atoms with van der Waals surface area (Å²) >= 11 is 5.94. The van der Waals surface area contributed by atoms with E-state index in [0.29, 0.717) is 35.8 Å². The largest absolute Gasteiger partial charge is 0.348 e. The lowest BCUT2D eigenvalue weighted by Gasteiger charge is -2.20. The second kappa shape index (κ2) is 8.66. The van der Waals surface area contributed by atoms with Gasteiger partial charge < -0.3 is 5.32 Å². The number of halogens is 1. The molecule has 0 unspecified atom stereocenters. The Morgan fingerprint density at radius 3 is 2.42 bits per heavy atom. The van der Waals surface area contributed by atoms with Gasteiger partial charge in [-0.1, -0.05) is 43.6 Å². The number of aryl methyl sites for hydroxylation is 1. The van der Waals surface area contributed by atoms with E-state index < -0.39 is 10.0 Å². The Hall–Kier alpha value is -1.89. The molecule has 26 heavy (non-hydrogen) atoms. The maximum absolute atomic E-state index is 12.8. The molecule has 0 aromatic heterocycles. The molecular weight excluding hydrogens is 372 g/mol. The number of hydrogen-bond donors (Lipinski definition) is 1. The van der Waals surface area contributed by atoms with Gasteiger partial charge in [0.15, 0.2) is 0 Å². The number of carbonyl (C=O) groups is 1. The SMILES string of the molecule is CCN(CC)S(=O)(=O)c1cc(C(=O)NCc2cccc(Cl)c2)ccc1C. The molecule has 2 aromatic carbocycles. The fourth-order valence-electron chi connectivity index (χ4n) is 2.65. The number of nitrogens with one attached hydrogen (secondary N) is 1. The van der Waals surface area contributed by atoms with E-state index in [9.17, 15) is 13.2 Å². The molecule has 0 radical (unpaired) electrons. The van der Waals surface area contributed by atoms with Crippen LogP contribution in [0, 0.1) is 6.92 Å². The van der Waals surface area contributed by atoms with Crippen molar-refractivity contribution in [3.05, 3.63) is 64.2 Å². The van der Waals surface area contributed by atoms with Crippen LogP contribution < -0.4 is 5.32 Å². The highest BCUT2D eigenvalue weighted by molar-refractivity contribution is 7.89. The molecule has 0 spiro atoms. The van der Waals surface area contributed by atoms with Gasteiger partial charge in [-0.15, -0.1) is 0 Å². The highest BCUT2D eigenvalue weighted by Gasteiger charge is 2.24. The number of benzene rings is 2. The zero-order chi connectivity index (χ0) is 19.3. The number of nitrogens with zero attached hydrogens (tertiary/aromatic N) is 1. The summed E-state index contributed by atoms with van der Waals surface area (Å²) in [5.41, 5.74) is 1.79. The summed E-state index contributed by atoms with van der Waals surface area (Å²) in [6.07, 6.45) is 0. The van der Waals surface area contributed by atoms with Gasteiger partial charge in [0, 0.05) is 30.2 Å². The van der Waals surface area contributed by atoms with Crippen LogP contribution in [0.2, 0.25) is 5.02 Å². The Labute approximate surface area is 160 Å². The van der Waals surface area contributed by atoms with Crippen molar-refractivity contribution < 1.29 is 13.2 Å². The van der Waals surface area contributed by atoms with Crippen LogP contribution in [0.3, 0.4) is 0 Å². The monoisotopic (exact) mass is 394 g/mol. The highest BCUT2D eigenvalue weighted by Crippen LogP contribution is 2.21. The van der Waals surface area contributed by atoms with E-state index in [-0.39, 0.29) is 10.8 Å². The lowest BCUT2D eigenvalue weighted by molar-refractivity contribution is 0.0950. The summed E-state index contributed by atoms with van der Waals surface area (Å²) < 4.78 is 27.0. The van der Waals surface area contributed by atoms with Gasteiger partial charge in [-0.25, -0.2) is 8.42 Å². The molecule has 2 aromatic rings. The van der Waals surface area contributed by atoms with Crippen molar-refractivity contribution in [1.82, 2.24) is 9.62 Å². The van der Waals surface area contributed by atoms with Crippen molar-refractivity contribution in [3.8, 4) is 0 Å². The van der Waals surface area contributed by atoms with Crippen LogP contribution in [-0.2, 0) is 16.6 Å². The molecule has 0 aliphatic rings. The second-order valence-electron chi connectivity index (χ2n) is 5.88. The second-order valence-corrected chi connectivity index (χ2v) is 8.22. The van der Waals surface area contributed by atoms with Crippen LogP contribution in [0.5, 0.6) is 0 Å². The number of rotatable bonds is 7. The first-order chi connectivity index (χ1) is 12.3. The predicted molar refractivity (Wildman–Crippen MR) is 104 cm³/mol. The molecule has 140 valence electrons. The maximum atomic E-state index is 12.8. The van der Waals surface area contributed by atoms with Crippen LogP contribution in [0.4, 0.5) is 0 Å². The molecule has 2 rings (SSSR count). The van der Waals surface area contributed by atoms with E-state index in [4.69, 9.17) is 11.6 Å². The first-order valence-electron chi connectivity index (χ1n) is 8.43. The molecular formula is C19H23ClN2O3S. The summed E-state index contributed by atoms with van der Waals surface area (Å²) in [6, 6.07) is 11.9. The third-order valence-electron chi connectivity index (χ3n) is 4.12. The van der Waals surface area contributed by atoms with Crippen molar-refractivity contribution in [2.75, 3.05) is 13.1 Å². The number of sulfonamides is 1. The van der Waals surface area contributed by atoms with E-state index >= 15 is 0 Å². The Bertz CT molecular complexity index is 893. The van der Waals surface area contributed by atoms with E-state index in [1.165, 1.54) is 10.4 Å². The van der Waals surface area contributed by atoms with Crippen molar-refractivity contribution >= 4 is 27.5 Å². The molecule has 1 amide bonds. The average Bonchev–Trinajstić information content (AvgIpc) is 2.60. The smallest absolute Gasteiger partial charge is 0.251 e. The molecule has 0 aliphatic heterocycles. The fraction of sp³-hybridized carbons (Fsp3) is 0.316. The van der Waals surface area contributed by atoms with Gasteiger partial charge in [-0.3, -0.25) is 4.79 Å². The molecule has 0 aliphatic carbocycles. The molecule has 0 saturated carbocycles. The topological polar surface area (TPSA) is 66.5 Å². The van der Waals surface area contributed by atoms with Gasteiger partial charge in [0.05, 0.1) is 4.90 Å². The minimum atomic E-state index is -3.62. The van der Waals surface area contributed by atoms with E-state index in [1.54, 1.807) is 45.0 Å². The van der Waals surface area contributed by atoms with Gasteiger partial charge in [-0.05, 0) is 42.3 Å². The average molecular weight is 395 g/mol. The zero-order valence-electron chi connectivity index (χ0n) is 15.1. The summed E-state index contributed by atoms with van der Waals surface area (Å²) in [6.45, 7) is 6.37. The zero-order valence-corrected chi connectivity index (χ0v) is 16.7. The summed E-state index contributed by atoms with van der Waals surface area (Å²) in [4.78, 5) is 12.6. The lowest BCUT2D eigenvalue weighted by atomic mass is 10.1. The van der Waals surface area contributed by atoms with Crippen molar-refractivity contribution in [2.24, 2.45) is 0 Å². The molecule has 0 fully saturated rings. The first kappa shape index (κ1) is 20.4. The molecule has 0 saturated heterocycles. The normalized spacial score (nSPS) is 11.6. The molecule has 7 heteroatoms. The van der Waals surface area contributed by atoms with Gasteiger partial charge >= 0.3 is 0 Å². The lowest BCUT2D eigenvalue weighted by Crippen LogP contribution is -2.31. The summed E-state index contributed by atoms with van der Waals surface area (Å²) in [5, 5.41) is 3.39. The fourth-order valence-corrected chi connectivity index (χ4v) is 4.57. The Kier molecular flexibility index (Phi) is 6.81. The van der Waals surface area contributed by atoms with Crippen molar-refractivity contribution in [3.63, 3.8) is 0 Å². The Morgan fingerprint density at radius 2 is 1.81 bits per heavy atom. The Balaban J connectivity index is 2.24. The van der Waals surface area contributed by atoms with Crippen LogP contribution >= 0.6 is 11.6 Å². The van der Waals surface area contributed by atoms with E-state index in [1.807, 2.05) is 12.1 Å². The van der Waals surface area contributed by atoms with Crippen LogP contribution in [0.15, 0.2) is 47.4 Å². The van der Waals surface area contributed by atoms with Crippen molar-refractivity contribution in [2.45, 2.75) is 32.2 Å². The van der Waals surface area contributed by atoms with Crippen LogP contribution in [-0.4, -0.2) is 31.7 Å². The van der Waals surface area contributed by atoms with Crippen LogP contribution in [0.1, 0.15) is 35.3 Å². The van der Waals surface area contributed by atoms with Crippen molar-refractivity contribution in [1.29, 1.82) is 0 Å². The highest BCUT2D eigenvalue weighted by atomic mass is 35.5. The number of carbonyl (C=O) groups excluding carboxylic acids is 1. The quantitative estimate of drug-likeness (QED) is 0.780. The predicted octanol–water partition coefficient (Wildman–Crippen LogP) is 3.61. The summed E-state index contributed by atoms with van der Waals surface area (Å²) in [5.74, 6) is -0.332. The Morgan fingerprint density at radius 1 is 1.12 bits per heavy atom. The molecule has 5 nitrogen and oxygen atoms in total. The number of hydrogen-bond acceptors (Lipinski definition) is 3. The minimum Gasteiger partial charge on any atom is -0.348 e. The van der Waals surface area contributed by atoms with Gasteiger partial charge in [0.25, 0.3) is 5.91 Å². The maximum Gasteiger partial charge on any atom is 0.251 e. The molecule has 0 heterocycles. The molecule has 0 atom stereocenters. The van der Waals surface area contributed by atoms with Gasteiger partial charge in [0.1, 0.15) is 0 Å². The van der Waals surface area contributed by atoms with E-state index in [2.05, 4.69) is 5.32 Å².